The van der Waals surface area contributed by atoms with Crippen LogP contribution >= 0.6 is 0 Å². The van der Waals surface area contributed by atoms with Crippen LogP contribution in [0.4, 0.5) is 4.39 Å². The van der Waals surface area contributed by atoms with Crippen LogP contribution in [-0.2, 0) is 6.67 Å². The second-order valence-electron chi connectivity index (χ2n) is 1.88. The van der Waals surface area contributed by atoms with Crippen LogP contribution in [0.25, 0.3) is 6.08 Å². The first-order chi connectivity index (χ1) is 4.77. The normalized spacial score (nSPS) is 9.80. The van der Waals surface area contributed by atoms with Gasteiger partial charge in [-0.2, -0.15) is 0 Å². The molecule has 0 aliphatic heterocycles. The zero-order valence-corrected chi connectivity index (χ0v) is 5.72. The van der Waals surface area contributed by atoms with Crippen LogP contribution in [0.2, 0.25) is 0 Å². The minimum Gasteiger partial charge on any atom is -0.441 e. The molecule has 3 heteroatoms. The molecule has 1 heterocycles. The second-order valence-corrected chi connectivity index (χ2v) is 1.88. The van der Waals surface area contributed by atoms with Gasteiger partial charge in [-0.1, -0.05) is 6.58 Å². The van der Waals surface area contributed by atoms with Crippen LogP contribution in [0.5, 0.6) is 0 Å². The van der Waals surface area contributed by atoms with Gasteiger partial charge in [0.05, 0.1) is 0 Å². The number of halogens is 1. The Morgan fingerprint density at radius 1 is 1.80 bits per heavy atom. The van der Waals surface area contributed by atoms with Crippen LogP contribution in [0, 0.1) is 6.92 Å². The van der Waals surface area contributed by atoms with E-state index in [2.05, 4.69) is 11.6 Å². The Balaban J connectivity index is 3.08. The highest BCUT2D eigenvalue weighted by atomic mass is 19.1. The topological polar surface area (TPSA) is 26.0 Å². The molecule has 1 rings (SSSR count). The molecule has 0 atom stereocenters. The summed E-state index contributed by atoms with van der Waals surface area (Å²) in [6.45, 7) is 4.53. The van der Waals surface area contributed by atoms with Crippen LogP contribution in [0.15, 0.2) is 11.0 Å². The molecule has 10 heavy (non-hydrogen) atoms. The van der Waals surface area contributed by atoms with Crippen molar-refractivity contribution in [3.05, 3.63) is 23.9 Å². The summed E-state index contributed by atoms with van der Waals surface area (Å²) in [6, 6.07) is 0. The average Bonchev–Trinajstić information content (AvgIpc) is 2.30. The Morgan fingerprint density at radius 3 is 2.90 bits per heavy atom. The van der Waals surface area contributed by atoms with E-state index in [4.69, 9.17) is 4.42 Å². The fraction of sp³-hybridized carbons (Fsp3) is 0.286. The first kappa shape index (κ1) is 6.99. The number of rotatable bonds is 2. The lowest BCUT2D eigenvalue weighted by molar-refractivity contribution is 0.469. The fourth-order valence-electron chi connectivity index (χ4n) is 0.741. The van der Waals surface area contributed by atoms with Crippen LogP contribution in [-0.4, -0.2) is 4.98 Å². The average molecular weight is 141 g/mol. The van der Waals surface area contributed by atoms with Crippen molar-refractivity contribution in [3.8, 4) is 0 Å². The van der Waals surface area contributed by atoms with E-state index in [1.807, 2.05) is 0 Å². The second kappa shape index (κ2) is 2.64. The van der Waals surface area contributed by atoms with E-state index in [1.54, 1.807) is 6.92 Å². The lowest BCUT2D eigenvalue weighted by Crippen LogP contribution is -1.80. The van der Waals surface area contributed by atoms with Crippen molar-refractivity contribution < 1.29 is 8.81 Å². The van der Waals surface area contributed by atoms with E-state index >= 15 is 0 Å². The Bertz CT molecular complexity index is 242. The van der Waals surface area contributed by atoms with Crippen molar-refractivity contribution in [3.63, 3.8) is 0 Å². The molecular formula is C7H8FNO. The van der Waals surface area contributed by atoms with Crippen molar-refractivity contribution in [2.75, 3.05) is 0 Å². The molecule has 0 spiro atoms. The largest absolute Gasteiger partial charge is 0.441 e. The number of aromatic nitrogens is 1. The summed E-state index contributed by atoms with van der Waals surface area (Å²) in [5.41, 5.74) is 0.326. The summed E-state index contributed by atoms with van der Waals surface area (Å²) < 4.78 is 17.0. The molecular weight excluding hydrogens is 133 g/mol. The van der Waals surface area contributed by atoms with Gasteiger partial charge in [0, 0.05) is 6.92 Å². The zero-order valence-electron chi connectivity index (χ0n) is 5.72. The van der Waals surface area contributed by atoms with Crippen molar-refractivity contribution in [1.29, 1.82) is 0 Å². The van der Waals surface area contributed by atoms with Crippen LogP contribution in [0.3, 0.4) is 0 Å². The Morgan fingerprint density at radius 2 is 2.50 bits per heavy atom. The molecule has 0 bridgehead atoms. The summed E-state index contributed by atoms with van der Waals surface area (Å²) in [5, 5.41) is 0. The summed E-state index contributed by atoms with van der Waals surface area (Å²) in [4.78, 5) is 3.79. The summed E-state index contributed by atoms with van der Waals surface area (Å²) in [5.74, 6) is 0.905. The molecule has 0 amide bonds. The summed E-state index contributed by atoms with van der Waals surface area (Å²) in [7, 11) is 0. The van der Waals surface area contributed by atoms with Crippen molar-refractivity contribution in [1.82, 2.24) is 4.98 Å². The van der Waals surface area contributed by atoms with E-state index in [-0.39, 0.29) is 0 Å². The van der Waals surface area contributed by atoms with E-state index < -0.39 is 6.67 Å². The lowest BCUT2D eigenvalue weighted by atomic mass is 10.4. The third kappa shape index (κ3) is 1.07. The molecule has 0 radical (unpaired) electrons. The van der Waals surface area contributed by atoms with E-state index in [1.165, 1.54) is 6.08 Å². The van der Waals surface area contributed by atoms with Gasteiger partial charge >= 0.3 is 0 Å². The highest BCUT2D eigenvalue weighted by Gasteiger charge is 2.05. The van der Waals surface area contributed by atoms with E-state index in [0.717, 1.165) is 0 Å². The number of hydrogen-bond acceptors (Lipinski definition) is 2. The van der Waals surface area contributed by atoms with Gasteiger partial charge in [-0.05, 0) is 6.08 Å². The van der Waals surface area contributed by atoms with Gasteiger partial charge in [-0.3, -0.25) is 0 Å². The standard InChI is InChI=1S/C7H8FNO/c1-3-7-6(4-8)9-5(2)10-7/h3H,1,4H2,2H3. The molecule has 2 nitrogen and oxygen atoms in total. The Labute approximate surface area is 58.4 Å². The van der Waals surface area contributed by atoms with Gasteiger partial charge in [0.2, 0.25) is 0 Å². The maximum Gasteiger partial charge on any atom is 0.192 e. The van der Waals surface area contributed by atoms with E-state index in [9.17, 15) is 4.39 Å². The first-order valence-corrected chi connectivity index (χ1v) is 2.92. The fourth-order valence-corrected chi connectivity index (χ4v) is 0.741. The molecule has 0 unspecified atom stereocenters. The van der Waals surface area contributed by atoms with Crippen molar-refractivity contribution in [2.45, 2.75) is 13.6 Å². The minimum absolute atomic E-state index is 0.326. The molecule has 0 fully saturated rings. The number of aryl methyl sites for hydroxylation is 1. The molecule has 54 valence electrons. The number of alkyl halides is 1. The molecule has 0 saturated heterocycles. The first-order valence-electron chi connectivity index (χ1n) is 2.92. The predicted octanol–water partition coefficient (Wildman–Crippen LogP) is 2.10. The molecule has 0 aliphatic rings. The molecule has 1 aromatic heterocycles. The van der Waals surface area contributed by atoms with Gasteiger partial charge in [-0.25, -0.2) is 9.37 Å². The minimum atomic E-state index is -0.599. The van der Waals surface area contributed by atoms with E-state index in [0.29, 0.717) is 17.3 Å². The molecule has 1 aromatic rings. The van der Waals surface area contributed by atoms with Gasteiger partial charge in [0.15, 0.2) is 11.7 Å². The van der Waals surface area contributed by atoms with Crippen LogP contribution < -0.4 is 0 Å². The smallest absolute Gasteiger partial charge is 0.192 e. The highest BCUT2D eigenvalue weighted by molar-refractivity contribution is 5.42. The van der Waals surface area contributed by atoms with Crippen molar-refractivity contribution in [2.24, 2.45) is 0 Å². The zero-order chi connectivity index (χ0) is 7.56. The molecule has 0 saturated carbocycles. The molecule has 0 N–H and O–H groups in total. The number of nitrogens with zero attached hydrogens (tertiary/aromatic N) is 1. The van der Waals surface area contributed by atoms with Gasteiger partial charge < -0.3 is 4.42 Å². The van der Waals surface area contributed by atoms with Gasteiger partial charge in [-0.15, -0.1) is 0 Å². The quantitative estimate of drug-likeness (QED) is 0.630. The highest BCUT2D eigenvalue weighted by Crippen LogP contribution is 2.12. The van der Waals surface area contributed by atoms with Crippen LogP contribution in [0.1, 0.15) is 17.3 Å². The SMILES string of the molecule is C=Cc1oc(C)nc1CF. The van der Waals surface area contributed by atoms with Gasteiger partial charge in [0.25, 0.3) is 0 Å². The maximum absolute atomic E-state index is 12.0. The van der Waals surface area contributed by atoms with Gasteiger partial charge in [0.1, 0.15) is 12.4 Å². The third-order valence-electron chi connectivity index (χ3n) is 1.15. The number of oxazole rings is 1. The molecule has 0 aliphatic carbocycles. The van der Waals surface area contributed by atoms with Crippen molar-refractivity contribution >= 4 is 6.08 Å². The lowest BCUT2D eigenvalue weighted by Gasteiger charge is -1.83. The third-order valence-corrected chi connectivity index (χ3v) is 1.15. The predicted molar refractivity (Wildman–Crippen MR) is 36.1 cm³/mol. The Kier molecular flexibility index (Phi) is 1.85. The monoisotopic (exact) mass is 141 g/mol. The summed E-state index contributed by atoms with van der Waals surface area (Å²) >= 11 is 0. The Hall–Kier alpha value is -1.12. The maximum atomic E-state index is 12.0. The molecule has 0 aromatic carbocycles. The number of hydrogen-bond donors (Lipinski definition) is 0. The summed E-state index contributed by atoms with van der Waals surface area (Å²) in [6.07, 6.45) is 1.45.